The van der Waals surface area contributed by atoms with Crippen LogP contribution in [-0.2, 0) is 9.59 Å². The minimum Gasteiger partial charge on any atom is -0.481 e. The van der Waals surface area contributed by atoms with E-state index >= 15 is 0 Å². The maximum absolute atomic E-state index is 11.7. The molecule has 0 radical (unpaired) electrons. The van der Waals surface area contributed by atoms with Crippen LogP contribution in [0.5, 0.6) is 0 Å². The van der Waals surface area contributed by atoms with Gasteiger partial charge in [-0.2, -0.15) is 5.26 Å². The van der Waals surface area contributed by atoms with Crippen LogP contribution in [0.1, 0.15) is 20.3 Å². The Kier molecular flexibility index (Phi) is 7.38. The van der Waals surface area contributed by atoms with E-state index in [4.69, 9.17) is 10.4 Å². The SMILES string of the molecule is CC(C)N(CCC#N)C(=O)CSCC(=O)O. The van der Waals surface area contributed by atoms with Crippen LogP contribution in [0.2, 0.25) is 0 Å². The summed E-state index contributed by atoms with van der Waals surface area (Å²) >= 11 is 1.07. The van der Waals surface area contributed by atoms with Crippen molar-refractivity contribution in [3.05, 3.63) is 0 Å². The van der Waals surface area contributed by atoms with Crippen molar-refractivity contribution in [1.82, 2.24) is 4.90 Å². The largest absolute Gasteiger partial charge is 0.481 e. The second-order valence-corrected chi connectivity index (χ2v) is 4.46. The van der Waals surface area contributed by atoms with Gasteiger partial charge in [0.15, 0.2) is 0 Å². The number of rotatable bonds is 7. The van der Waals surface area contributed by atoms with Gasteiger partial charge < -0.3 is 10.0 Å². The van der Waals surface area contributed by atoms with Gasteiger partial charge in [0.2, 0.25) is 5.91 Å². The third-order valence-corrected chi connectivity index (χ3v) is 2.76. The smallest absolute Gasteiger partial charge is 0.313 e. The Bertz CT molecular complexity index is 286. The predicted octanol–water partition coefficient (Wildman–Crippen LogP) is 0.955. The molecule has 0 saturated heterocycles. The van der Waals surface area contributed by atoms with Crippen LogP contribution < -0.4 is 0 Å². The molecule has 0 aromatic carbocycles. The highest BCUT2D eigenvalue weighted by atomic mass is 32.2. The molecule has 0 aliphatic rings. The summed E-state index contributed by atoms with van der Waals surface area (Å²) in [5, 5.41) is 16.9. The van der Waals surface area contributed by atoms with Crippen molar-refractivity contribution in [3.63, 3.8) is 0 Å². The number of carboxylic acids is 1. The van der Waals surface area contributed by atoms with E-state index in [1.54, 1.807) is 4.90 Å². The van der Waals surface area contributed by atoms with Gasteiger partial charge in [-0.25, -0.2) is 0 Å². The minimum absolute atomic E-state index is 0.0336. The van der Waals surface area contributed by atoms with E-state index in [1.807, 2.05) is 19.9 Å². The van der Waals surface area contributed by atoms with Crippen molar-refractivity contribution < 1.29 is 14.7 Å². The molecule has 0 aliphatic carbocycles. The van der Waals surface area contributed by atoms with Gasteiger partial charge in [0, 0.05) is 12.6 Å². The number of carbonyl (C=O) groups is 2. The Labute approximate surface area is 99.4 Å². The van der Waals surface area contributed by atoms with Crippen LogP contribution in [0.3, 0.4) is 0 Å². The highest BCUT2D eigenvalue weighted by molar-refractivity contribution is 8.00. The van der Waals surface area contributed by atoms with E-state index < -0.39 is 5.97 Å². The summed E-state index contributed by atoms with van der Waals surface area (Å²) in [6, 6.07) is 2.02. The highest BCUT2D eigenvalue weighted by Crippen LogP contribution is 2.06. The molecule has 16 heavy (non-hydrogen) atoms. The minimum atomic E-state index is -0.925. The summed E-state index contributed by atoms with van der Waals surface area (Å²) in [7, 11) is 0. The second kappa shape index (κ2) is 7.99. The Hall–Kier alpha value is -1.22. The lowest BCUT2D eigenvalue weighted by Crippen LogP contribution is -2.38. The molecule has 0 saturated carbocycles. The molecule has 0 rings (SSSR count). The fourth-order valence-corrected chi connectivity index (χ4v) is 1.77. The lowest BCUT2D eigenvalue weighted by Gasteiger charge is -2.25. The molecule has 0 heterocycles. The van der Waals surface area contributed by atoms with E-state index in [-0.39, 0.29) is 23.5 Å². The maximum atomic E-state index is 11.7. The molecule has 0 unspecified atom stereocenters. The van der Waals surface area contributed by atoms with E-state index in [1.165, 1.54) is 0 Å². The number of carbonyl (C=O) groups excluding carboxylic acids is 1. The number of nitriles is 1. The zero-order valence-electron chi connectivity index (χ0n) is 9.47. The summed E-state index contributed by atoms with van der Waals surface area (Å²) < 4.78 is 0. The Morgan fingerprint density at radius 1 is 1.44 bits per heavy atom. The van der Waals surface area contributed by atoms with E-state index in [0.29, 0.717) is 13.0 Å². The fraction of sp³-hybridized carbons (Fsp3) is 0.700. The van der Waals surface area contributed by atoms with Gasteiger partial charge in [0.25, 0.3) is 0 Å². The van der Waals surface area contributed by atoms with Gasteiger partial charge >= 0.3 is 5.97 Å². The summed E-state index contributed by atoms with van der Waals surface area (Å²) in [4.78, 5) is 23.5. The summed E-state index contributed by atoms with van der Waals surface area (Å²) in [5.74, 6) is -0.964. The number of carboxylic acid groups (broad SMARTS) is 1. The zero-order valence-corrected chi connectivity index (χ0v) is 10.3. The lowest BCUT2D eigenvalue weighted by molar-refractivity contribution is -0.133. The number of aliphatic carboxylic acids is 1. The maximum Gasteiger partial charge on any atom is 0.313 e. The van der Waals surface area contributed by atoms with Crippen LogP contribution in [0.15, 0.2) is 0 Å². The van der Waals surface area contributed by atoms with Crippen LogP contribution in [0.4, 0.5) is 0 Å². The van der Waals surface area contributed by atoms with Gasteiger partial charge in [-0.05, 0) is 13.8 Å². The number of hydrogen-bond donors (Lipinski definition) is 1. The quantitative estimate of drug-likeness (QED) is 0.721. The molecular formula is C10H16N2O3S. The van der Waals surface area contributed by atoms with Crippen molar-refractivity contribution in [2.45, 2.75) is 26.3 Å². The van der Waals surface area contributed by atoms with Gasteiger partial charge in [-0.1, -0.05) is 0 Å². The standard InChI is InChI=1S/C10H16N2O3S/c1-8(2)12(5-3-4-11)9(13)6-16-7-10(14)15/h8H,3,5-7H2,1-2H3,(H,14,15). The number of thioether (sulfide) groups is 1. The predicted molar refractivity (Wildman–Crippen MR) is 62.0 cm³/mol. The molecule has 5 nitrogen and oxygen atoms in total. The van der Waals surface area contributed by atoms with Crippen LogP contribution >= 0.6 is 11.8 Å². The van der Waals surface area contributed by atoms with Crippen molar-refractivity contribution in [2.24, 2.45) is 0 Å². The van der Waals surface area contributed by atoms with E-state index in [2.05, 4.69) is 0 Å². The van der Waals surface area contributed by atoms with Crippen molar-refractivity contribution in [1.29, 1.82) is 5.26 Å². The topological polar surface area (TPSA) is 81.4 Å². The zero-order chi connectivity index (χ0) is 12.6. The molecule has 0 spiro atoms. The average Bonchev–Trinajstić information content (AvgIpc) is 2.17. The molecule has 0 aromatic rings. The Morgan fingerprint density at radius 2 is 2.06 bits per heavy atom. The molecule has 1 N–H and O–H groups in total. The molecule has 6 heteroatoms. The highest BCUT2D eigenvalue weighted by Gasteiger charge is 2.16. The fourth-order valence-electron chi connectivity index (χ4n) is 1.15. The van der Waals surface area contributed by atoms with Crippen LogP contribution in [-0.4, -0.2) is 46.0 Å². The monoisotopic (exact) mass is 244 g/mol. The molecule has 0 bridgehead atoms. The number of hydrogen-bond acceptors (Lipinski definition) is 4. The molecule has 0 atom stereocenters. The van der Waals surface area contributed by atoms with Gasteiger partial charge in [-0.15, -0.1) is 11.8 Å². The first-order valence-corrected chi connectivity index (χ1v) is 6.10. The number of nitrogens with zero attached hydrogens (tertiary/aromatic N) is 2. The van der Waals surface area contributed by atoms with E-state index in [9.17, 15) is 9.59 Å². The molecule has 0 fully saturated rings. The Morgan fingerprint density at radius 3 is 2.50 bits per heavy atom. The molecule has 0 aromatic heterocycles. The van der Waals surface area contributed by atoms with Crippen molar-refractivity contribution in [2.75, 3.05) is 18.1 Å². The molecule has 90 valence electrons. The first-order valence-electron chi connectivity index (χ1n) is 4.95. The van der Waals surface area contributed by atoms with Crippen LogP contribution in [0, 0.1) is 11.3 Å². The summed E-state index contributed by atoms with van der Waals surface area (Å²) in [5.41, 5.74) is 0. The Balaban J connectivity index is 4.07. The first kappa shape index (κ1) is 14.8. The molecule has 0 aliphatic heterocycles. The van der Waals surface area contributed by atoms with Crippen molar-refractivity contribution >= 4 is 23.6 Å². The third-order valence-electron chi connectivity index (χ3n) is 1.86. The lowest BCUT2D eigenvalue weighted by atomic mass is 10.3. The summed E-state index contributed by atoms with van der Waals surface area (Å²) in [6.45, 7) is 4.15. The second-order valence-electron chi connectivity index (χ2n) is 3.48. The number of amides is 1. The van der Waals surface area contributed by atoms with Crippen LogP contribution in [0.25, 0.3) is 0 Å². The molecule has 1 amide bonds. The summed E-state index contributed by atoms with van der Waals surface area (Å²) in [6.07, 6.45) is 0.299. The third kappa shape index (κ3) is 6.30. The van der Waals surface area contributed by atoms with Crippen molar-refractivity contribution in [3.8, 4) is 6.07 Å². The normalized spacial score (nSPS) is 9.88. The van der Waals surface area contributed by atoms with Gasteiger partial charge in [-0.3, -0.25) is 9.59 Å². The molecular weight excluding hydrogens is 228 g/mol. The van der Waals surface area contributed by atoms with E-state index in [0.717, 1.165) is 11.8 Å². The van der Waals surface area contributed by atoms with Gasteiger partial charge in [0.1, 0.15) is 0 Å². The average molecular weight is 244 g/mol. The van der Waals surface area contributed by atoms with Gasteiger partial charge in [0.05, 0.1) is 24.0 Å². The first-order chi connectivity index (χ1) is 7.49.